The zero-order valence-corrected chi connectivity index (χ0v) is 34.4. The van der Waals surface area contributed by atoms with Crippen LogP contribution in [0.15, 0.2) is 0 Å². The fourth-order valence-corrected chi connectivity index (χ4v) is 7.31. The standard InChI is InChI=1S/C42H87O6P/c1-5-9-11-13-15-17-19-21-23-25-27-29-31-33-35-41(45-37-7-3)39-47-49(43,44)48-40-42(46-38-8-4)36-34-32-30-28-26-24-22-20-18-16-14-12-10-6-2/h41-42H,5-40H2,1-4H3,(H,43,44). The fraction of sp³-hybridized carbons (Fsp3) is 1.00. The molecule has 0 aliphatic rings. The van der Waals surface area contributed by atoms with Crippen LogP contribution >= 0.6 is 7.82 Å². The van der Waals surface area contributed by atoms with Crippen molar-refractivity contribution in [3.8, 4) is 0 Å². The fourth-order valence-electron chi connectivity index (χ4n) is 6.52. The van der Waals surface area contributed by atoms with Crippen molar-refractivity contribution in [2.45, 2.75) is 245 Å². The molecule has 0 bridgehead atoms. The Kier molecular flexibility index (Phi) is 39.3. The molecule has 7 heteroatoms. The lowest BCUT2D eigenvalue weighted by atomic mass is 10.0. The Morgan fingerprint density at radius 1 is 0.388 bits per heavy atom. The van der Waals surface area contributed by atoms with Gasteiger partial charge >= 0.3 is 7.82 Å². The third-order valence-corrected chi connectivity index (χ3v) is 10.7. The number of hydrogen-bond donors (Lipinski definition) is 1. The Balaban J connectivity index is 4.09. The molecule has 0 spiro atoms. The van der Waals surface area contributed by atoms with Crippen molar-refractivity contribution < 1.29 is 28.0 Å². The summed E-state index contributed by atoms with van der Waals surface area (Å²) in [5, 5.41) is 0. The first-order valence-electron chi connectivity index (χ1n) is 21.8. The molecule has 0 aromatic carbocycles. The Morgan fingerprint density at radius 2 is 0.633 bits per heavy atom. The van der Waals surface area contributed by atoms with Gasteiger partial charge in [-0.05, 0) is 25.7 Å². The summed E-state index contributed by atoms with van der Waals surface area (Å²) in [7, 11) is -4.17. The minimum absolute atomic E-state index is 0.0890. The van der Waals surface area contributed by atoms with Crippen molar-refractivity contribution in [1.82, 2.24) is 0 Å². The van der Waals surface area contributed by atoms with Crippen LogP contribution in [0, 0.1) is 0 Å². The lowest BCUT2D eigenvalue weighted by Crippen LogP contribution is -2.22. The van der Waals surface area contributed by atoms with Gasteiger partial charge in [-0.2, -0.15) is 0 Å². The maximum Gasteiger partial charge on any atom is 0.472 e. The number of phosphoric acid groups is 1. The lowest BCUT2D eigenvalue weighted by molar-refractivity contribution is -0.0136. The third kappa shape index (κ3) is 37.6. The van der Waals surface area contributed by atoms with E-state index >= 15 is 0 Å². The van der Waals surface area contributed by atoms with Crippen molar-refractivity contribution in [3.63, 3.8) is 0 Å². The highest BCUT2D eigenvalue weighted by atomic mass is 31.2. The second-order valence-electron chi connectivity index (χ2n) is 14.8. The van der Waals surface area contributed by atoms with E-state index in [1.165, 1.54) is 167 Å². The molecular weight excluding hydrogens is 631 g/mol. The van der Waals surface area contributed by atoms with Gasteiger partial charge in [0.05, 0.1) is 25.4 Å². The second-order valence-corrected chi connectivity index (χ2v) is 16.3. The van der Waals surface area contributed by atoms with E-state index in [0.717, 1.165) is 38.5 Å². The first-order valence-corrected chi connectivity index (χ1v) is 23.3. The quantitative estimate of drug-likeness (QED) is 0.0500. The van der Waals surface area contributed by atoms with Crippen LogP contribution in [-0.4, -0.2) is 43.5 Å². The number of hydrogen-bond acceptors (Lipinski definition) is 5. The molecule has 49 heavy (non-hydrogen) atoms. The smallest absolute Gasteiger partial charge is 0.376 e. The normalized spacial score (nSPS) is 14.3. The van der Waals surface area contributed by atoms with Crippen molar-refractivity contribution >= 4 is 7.82 Å². The molecule has 6 nitrogen and oxygen atoms in total. The van der Waals surface area contributed by atoms with E-state index in [1.807, 2.05) is 0 Å². The lowest BCUT2D eigenvalue weighted by Gasteiger charge is -2.22. The molecule has 0 amide bonds. The van der Waals surface area contributed by atoms with Gasteiger partial charge < -0.3 is 14.4 Å². The zero-order chi connectivity index (χ0) is 35.9. The number of unbranched alkanes of at least 4 members (excludes halogenated alkanes) is 26. The first kappa shape index (κ1) is 49.0. The van der Waals surface area contributed by atoms with Gasteiger partial charge in [-0.3, -0.25) is 9.05 Å². The maximum absolute atomic E-state index is 12.8. The van der Waals surface area contributed by atoms with Gasteiger partial charge in [-0.25, -0.2) is 4.57 Å². The zero-order valence-electron chi connectivity index (χ0n) is 33.5. The molecule has 296 valence electrons. The summed E-state index contributed by atoms with van der Waals surface area (Å²) in [4.78, 5) is 10.5. The van der Waals surface area contributed by atoms with Crippen LogP contribution in [-0.2, 0) is 23.1 Å². The molecule has 1 N–H and O–H groups in total. The predicted octanol–water partition coefficient (Wildman–Crippen LogP) is 14.5. The van der Waals surface area contributed by atoms with E-state index in [-0.39, 0.29) is 25.4 Å². The van der Waals surface area contributed by atoms with Gasteiger partial charge in [0.15, 0.2) is 0 Å². The van der Waals surface area contributed by atoms with Crippen molar-refractivity contribution in [2.24, 2.45) is 0 Å². The Bertz CT molecular complexity index is 626. The highest BCUT2D eigenvalue weighted by Gasteiger charge is 2.25. The van der Waals surface area contributed by atoms with Crippen molar-refractivity contribution in [1.29, 1.82) is 0 Å². The van der Waals surface area contributed by atoms with E-state index in [1.54, 1.807) is 0 Å². The van der Waals surface area contributed by atoms with E-state index in [9.17, 15) is 9.46 Å². The number of ether oxygens (including phenoxy) is 2. The Hall–Kier alpha value is 0.0300. The molecule has 0 aliphatic heterocycles. The topological polar surface area (TPSA) is 74.2 Å². The Morgan fingerprint density at radius 3 is 0.878 bits per heavy atom. The molecule has 0 heterocycles. The Labute approximate surface area is 306 Å². The molecule has 2 atom stereocenters. The van der Waals surface area contributed by atoms with Crippen molar-refractivity contribution in [3.05, 3.63) is 0 Å². The molecule has 0 rings (SSSR count). The van der Waals surface area contributed by atoms with Gasteiger partial charge in [0, 0.05) is 13.2 Å². The van der Waals surface area contributed by atoms with Gasteiger partial charge in [-0.1, -0.05) is 207 Å². The molecule has 0 aromatic rings. The largest absolute Gasteiger partial charge is 0.472 e. The van der Waals surface area contributed by atoms with Crippen LogP contribution in [0.1, 0.15) is 233 Å². The van der Waals surface area contributed by atoms with Crippen LogP contribution in [0.5, 0.6) is 0 Å². The molecule has 0 aliphatic carbocycles. The molecule has 0 radical (unpaired) electrons. The molecular formula is C42H87O6P. The van der Waals surface area contributed by atoms with E-state index in [2.05, 4.69) is 27.7 Å². The third-order valence-electron chi connectivity index (χ3n) is 9.72. The monoisotopic (exact) mass is 719 g/mol. The van der Waals surface area contributed by atoms with Gasteiger partial charge in [0.25, 0.3) is 0 Å². The average molecular weight is 719 g/mol. The van der Waals surface area contributed by atoms with Crippen LogP contribution < -0.4 is 0 Å². The van der Waals surface area contributed by atoms with Crippen LogP contribution in [0.25, 0.3) is 0 Å². The number of rotatable bonds is 42. The van der Waals surface area contributed by atoms with Gasteiger partial charge in [0.1, 0.15) is 0 Å². The highest BCUT2D eigenvalue weighted by molar-refractivity contribution is 7.47. The summed E-state index contributed by atoms with van der Waals surface area (Å²) >= 11 is 0. The molecule has 0 fully saturated rings. The molecule has 0 saturated carbocycles. The van der Waals surface area contributed by atoms with Gasteiger partial charge in [-0.15, -0.1) is 0 Å². The molecule has 0 saturated heterocycles. The summed E-state index contributed by atoms with van der Waals surface area (Å²) in [6, 6.07) is 0. The van der Waals surface area contributed by atoms with Crippen LogP contribution in [0.2, 0.25) is 0 Å². The average Bonchev–Trinajstić information content (AvgIpc) is 3.10. The highest BCUT2D eigenvalue weighted by Crippen LogP contribution is 2.44. The van der Waals surface area contributed by atoms with Crippen molar-refractivity contribution in [2.75, 3.05) is 26.4 Å². The second kappa shape index (κ2) is 39.2. The molecule has 0 aromatic heterocycles. The minimum atomic E-state index is -4.17. The SMILES string of the molecule is CCCCCCCCCCCCCCCCC(COP(=O)(O)OCC(CCCCCCCCCCCCCCCC)OCCC)OCCC. The summed E-state index contributed by atoms with van der Waals surface area (Å²) in [5.41, 5.74) is 0. The van der Waals surface area contributed by atoms with Crippen LogP contribution in [0.3, 0.4) is 0 Å². The first-order chi connectivity index (χ1) is 24.0. The minimum Gasteiger partial charge on any atom is -0.376 e. The summed E-state index contributed by atoms with van der Waals surface area (Å²) in [6.45, 7) is 10.2. The summed E-state index contributed by atoms with van der Waals surface area (Å²) in [5.74, 6) is 0. The molecule has 2 unspecified atom stereocenters. The van der Waals surface area contributed by atoms with E-state index in [0.29, 0.717) is 13.2 Å². The summed E-state index contributed by atoms with van der Waals surface area (Å²) < 4.78 is 35.6. The summed E-state index contributed by atoms with van der Waals surface area (Å²) in [6.07, 6.45) is 40.4. The number of phosphoric ester groups is 1. The van der Waals surface area contributed by atoms with E-state index in [4.69, 9.17) is 18.5 Å². The van der Waals surface area contributed by atoms with E-state index < -0.39 is 7.82 Å². The predicted molar refractivity (Wildman–Crippen MR) is 212 cm³/mol. The maximum atomic E-state index is 12.8. The van der Waals surface area contributed by atoms with Gasteiger partial charge in [0.2, 0.25) is 0 Å². The van der Waals surface area contributed by atoms with Crippen LogP contribution in [0.4, 0.5) is 0 Å².